The van der Waals surface area contributed by atoms with E-state index >= 15 is 0 Å². The van der Waals surface area contributed by atoms with Gasteiger partial charge in [-0.25, -0.2) is 0 Å². The molecule has 0 bridgehead atoms. The number of benzene rings is 2. The predicted octanol–water partition coefficient (Wildman–Crippen LogP) is 3.73. The molecular weight excluding hydrogens is 376 g/mol. The van der Waals surface area contributed by atoms with Gasteiger partial charge >= 0.3 is 0 Å². The Hall–Kier alpha value is -2.37. The maximum Gasteiger partial charge on any atom is 0.227 e. The smallest absolute Gasteiger partial charge is 0.227 e. The van der Waals surface area contributed by atoms with E-state index in [9.17, 15) is 9.59 Å². The number of anilines is 2. The number of ether oxygens (including phenoxy) is 1. The monoisotopic (exact) mass is 398 g/mol. The molecule has 6 heteroatoms. The molecule has 1 amide bonds. The van der Waals surface area contributed by atoms with Crippen LogP contribution in [0.3, 0.4) is 0 Å². The van der Waals surface area contributed by atoms with Crippen molar-refractivity contribution >= 4 is 34.7 Å². The molecule has 0 saturated carbocycles. The van der Waals surface area contributed by atoms with Crippen LogP contribution in [0.1, 0.15) is 28.8 Å². The first-order valence-corrected chi connectivity index (χ1v) is 10.0. The van der Waals surface area contributed by atoms with Crippen LogP contribution in [0.4, 0.5) is 11.4 Å². The normalized spacial score (nSPS) is 16.2. The molecule has 0 radical (unpaired) electrons. The first-order valence-electron chi connectivity index (χ1n) is 9.67. The van der Waals surface area contributed by atoms with Crippen molar-refractivity contribution in [2.45, 2.75) is 19.3 Å². The average molecular weight is 399 g/mol. The van der Waals surface area contributed by atoms with Crippen molar-refractivity contribution in [2.24, 2.45) is 0 Å². The van der Waals surface area contributed by atoms with Crippen molar-refractivity contribution in [3.63, 3.8) is 0 Å². The molecule has 0 unspecified atom stereocenters. The van der Waals surface area contributed by atoms with Gasteiger partial charge in [0, 0.05) is 49.4 Å². The Morgan fingerprint density at radius 2 is 1.79 bits per heavy atom. The van der Waals surface area contributed by atoms with E-state index in [1.54, 1.807) is 29.2 Å². The minimum Gasteiger partial charge on any atom is -0.378 e. The predicted molar refractivity (Wildman–Crippen MR) is 111 cm³/mol. The third-order valence-corrected chi connectivity index (χ3v) is 5.71. The highest BCUT2D eigenvalue weighted by Crippen LogP contribution is 2.32. The van der Waals surface area contributed by atoms with E-state index in [0.717, 1.165) is 38.4 Å². The molecule has 2 aromatic carbocycles. The molecule has 0 aromatic heterocycles. The SMILES string of the molecule is O=C(CCC(=O)N1CCc2cc(N3CCOCC3)ccc21)c1ccccc1Cl. The van der Waals surface area contributed by atoms with E-state index in [-0.39, 0.29) is 24.5 Å². The number of fused-ring (bicyclic) bond motifs is 1. The van der Waals surface area contributed by atoms with Gasteiger partial charge < -0.3 is 14.5 Å². The maximum atomic E-state index is 12.7. The van der Waals surface area contributed by atoms with Crippen LogP contribution in [0, 0.1) is 0 Å². The Kier molecular flexibility index (Phi) is 5.64. The van der Waals surface area contributed by atoms with Gasteiger partial charge in [-0.3, -0.25) is 9.59 Å². The number of nitrogens with zero attached hydrogens (tertiary/aromatic N) is 2. The van der Waals surface area contributed by atoms with Gasteiger partial charge in [0.25, 0.3) is 0 Å². The standard InChI is InChI=1S/C22H23ClN2O3/c23-19-4-2-1-3-18(19)21(26)7-8-22(27)25-10-9-16-15-17(5-6-20(16)25)24-11-13-28-14-12-24/h1-6,15H,7-14H2. The van der Waals surface area contributed by atoms with E-state index in [2.05, 4.69) is 17.0 Å². The number of hydrogen-bond donors (Lipinski definition) is 0. The molecule has 4 rings (SSSR count). The minimum atomic E-state index is -0.0963. The molecule has 5 nitrogen and oxygen atoms in total. The third kappa shape index (κ3) is 3.91. The summed E-state index contributed by atoms with van der Waals surface area (Å²) >= 11 is 6.08. The molecule has 2 aromatic rings. The lowest BCUT2D eigenvalue weighted by molar-refractivity contribution is -0.118. The number of carbonyl (C=O) groups excluding carboxylic acids is 2. The van der Waals surface area contributed by atoms with Gasteiger partial charge in [0.15, 0.2) is 5.78 Å². The van der Waals surface area contributed by atoms with Crippen LogP contribution in [-0.2, 0) is 16.0 Å². The number of morpholine rings is 1. The summed E-state index contributed by atoms with van der Waals surface area (Å²) in [6.07, 6.45) is 1.20. The Morgan fingerprint density at radius 3 is 2.57 bits per heavy atom. The summed E-state index contributed by atoms with van der Waals surface area (Å²) in [5, 5.41) is 0.433. The van der Waals surface area contributed by atoms with Crippen LogP contribution in [0.2, 0.25) is 5.02 Å². The summed E-state index contributed by atoms with van der Waals surface area (Å²) in [5.41, 5.74) is 3.82. The Balaban J connectivity index is 1.40. The molecular formula is C22H23ClN2O3. The van der Waals surface area contributed by atoms with Gasteiger partial charge in [-0.05, 0) is 42.3 Å². The quantitative estimate of drug-likeness (QED) is 0.720. The molecule has 28 heavy (non-hydrogen) atoms. The number of halogens is 1. The zero-order valence-corrected chi connectivity index (χ0v) is 16.5. The largest absolute Gasteiger partial charge is 0.378 e. The highest BCUT2D eigenvalue weighted by atomic mass is 35.5. The van der Waals surface area contributed by atoms with Crippen molar-refractivity contribution in [3.8, 4) is 0 Å². The summed E-state index contributed by atoms with van der Waals surface area (Å²) in [5.74, 6) is -0.112. The van der Waals surface area contributed by atoms with Gasteiger partial charge in [0.1, 0.15) is 0 Å². The Bertz CT molecular complexity index is 893. The van der Waals surface area contributed by atoms with Crippen LogP contribution in [0.15, 0.2) is 42.5 Å². The Labute approximate surface area is 169 Å². The Morgan fingerprint density at radius 1 is 1.00 bits per heavy atom. The van der Waals surface area contributed by atoms with Crippen LogP contribution < -0.4 is 9.80 Å². The molecule has 2 aliphatic heterocycles. The van der Waals surface area contributed by atoms with E-state index < -0.39 is 0 Å². The van der Waals surface area contributed by atoms with Crippen LogP contribution >= 0.6 is 11.6 Å². The second kappa shape index (κ2) is 8.33. The molecule has 0 N–H and O–H groups in total. The van der Waals surface area contributed by atoms with E-state index in [4.69, 9.17) is 16.3 Å². The second-order valence-electron chi connectivity index (χ2n) is 7.11. The lowest BCUT2D eigenvalue weighted by atomic mass is 10.1. The van der Waals surface area contributed by atoms with Crippen molar-refractivity contribution in [3.05, 3.63) is 58.6 Å². The zero-order valence-electron chi connectivity index (χ0n) is 15.7. The molecule has 2 aliphatic rings. The van der Waals surface area contributed by atoms with Crippen LogP contribution in [0.25, 0.3) is 0 Å². The molecule has 1 fully saturated rings. The molecule has 0 spiro atoms. The topological polar surface area (TPSA) is 49.9 Å². The average Bonchev–Trinajstić information content (AvgIpc) is 3.16. The number of carbonyl (C=O) groups is 2. The molecule has 0 aliphatic carbocycles. The van der Waals surface area contributed by atoms with Crippen molar-refractivity contribution in [2.75, 3.05) is 42.6 Å². The number of rotatable bonds is 5. The first-order chi connectivity index (χ1) is 13.6. The summed E-state index contributed by atoms with van der Waals surface area (Å²) in [4.78, 5) is 29.2. The van der Waals surface area contributed by atoms with E-state index in [0.29, 0.717) is 17.1 Å². The number of Topliss-reactive ketones (excluding diaryl/α,β-unsaturated/α-hetero) is 1. The highest BCUT2D eigenvalue weighted by molar-refractivity contribution is 6.34. The summed E-state index contributed by atoms with van der Waals surface area (Å²) in [7, 11) is 0. The molecule has 0 atom stereocenters. The third-order valence-electron chi connectivity index (χ3n) is 5.38. The lowest BCUT2D eigenvalue weighted by Gasteiger charge is -2.29. The number of ketones is 1. The maximum absolute atomic E-state index is 12.7. The zero-order chi connectivity index (χ0) is 19.5. The fourth-order valence-corrected chi connectivity index (χ4v) is 4.08. The molecule has 2 heterocycles. The van der Waals surface area contributed by atoms with E-state index in [1.165, 1.54) is 11.3 Å². The summed E-state index contributed by atoms with van der Waals surface area (Å²) < 4.78 is 5.42. The fraction of sp³-hybridized carbons (Fsp3) is 0.364. The van der Waals surface area contributed by atoms with E-state index in [1.807, 2.05) is 6.07 Å². The van der Waals surface area contributed by atoms with Crippen molar-refractivity contribution in [1.29, 1.82) is 0 Å². The molecule has 1 saturated heterocycles. The second-order valence-corrected chi connectivity index (χ2v) is 7.52. The van der Waals surface area contributed by atoms with Crippen LogP contribution in [0.5, 0.6) is 0 Å². The lowest BCUT2D eigenvalue weighted by Crippen LogP contribution is -2.36. The van der Waals surface area contributed by atoms with Crippen molar-refractivity contribution < 1.29 is 14.3 Å². The minimum absolute atomic E-state index is 0.0155. The van der Waals surface area contributed by atoms with Gasteiger partial charge in [-0.2, -0.15) is 0 Å². The van der Waals surface area contributed by atoms with Gasteiger partial charge in [-0.1, -0.05) is 23.7 Å². The van der Waals surface area contributed by atoms with Gasteiger partial charge in [-0.15, -0.1) is 0 Å². The number of amides is 1. The summed E-state index contributed by atoms with van der Waals surface area (Å²) in [6.45, 7) is 3.96. The van der Waals surface area contributed by atoms with Crippen molar-refractivity contribution in [1.82, 2.24) is 0 Å². The first kappa shape index (κ1) is 19.0. The van der Waals surface area contributed by atoms with Crippen LogP contribution in [-0.4, -0.2) is 44.5 Å². The molecule has 146 valence electrons. The summed E-state index contributed by atoms with van der Waals surface area (Å²) in [6, 6.07) is 13.3. The van der Waals surface area contributed by atoms with Gasteiger partial charge in [0.2, 0.25) is 5.91 Å². The number of hydrogen-bond acceptors (Lipinski definition) is 4. The van der Waals surface area contributed by atoms with Gasteiger partial charge in [0.05, 0.1) is 18.2 Å². The fourth-order valence-electron chi connectivity index (χ4n) is 3.84. The highest BCUT2D eigenvalue weighted by Gasteiger charge is 2.26.